The average Bonchev–Trinajstić information content (AvgIpc) is 2.17. The number of carboxylic acid groups (broad SMARTS) is 1. The van der Waals surface area contributed by atoms with Gasteiger partial charge in [-0.25, -0.2) is 4.98 Å². The molecular formula is C11H13NO3. The van der Waals surface area contributed by atoms with Gasteiger partial charge in [-0.15, -0.1) is 0 Å². The number of hydrogen-bond donors (Lipinski definition) is 1. The molecule has 1 rings (SSSR count). The first-order valence-electron chi connectivity index (χ1n) is 4.52. The van der Waals surface area contributed by atoms with Crippen molar-refractivity contribution in [3.05, 3.63) is 29.5 Å². The van der Waals surface area contributed by atoms with Gasteiger partial charge in [0.05, 0.1) is 13.5 Å². The van der Waals surface area contributed by atoms with Crippen LogP contribution in [0.2, 0.25) is 0 Å². The first kappa shape index (κ1) is 11.2. The Morgan fingerprint density at radius 3 is 2.93 bits per heavy atom. The highest BCUT2D eigenvalue weighted by Gasteiger charge is 1.99. The van der Waals surface area contributed by atoms with Crippen molar-refractivity contribution in [3.63, 3.8) is 0 Å². The van der Waals surface area contributed by atoms with Crippen molar-refractivity contribution < 1.29 is 14.6 Å². The molecule has 0 aliphatic carbocycles. The molecule has 1 aromatic rings. The van der Waals surface area contributed by atoms with Crippen LogP contribution in [0.4, 0.5) is 0 Å². The molecule has 0 saturated heterocycles. The monoisotopic (exact) mass is 207 g/mol. The fourth-order valence-corrected chi connectivity index (χ4v) is 1.18. The van der Waals surface area contributed by atoms with E-state index in [9.17, 15) is 4.79 Å². The van der Waals surface area contributed by atoms with Crippen LogP contribution in [0.25, 0.3) is 6.08 Å². The number of rotatable bonds is 4. The van der Waals surface area contributed by atoms with E-state index in [4.69, 9.17) is 9.84 Å². The van der Waals surface area contributed by atoms with E-state index in [-0.39, 0.29) is 6.42 Å². The van der Waals surface area contributed by atoms with Crippen molar-refractivity contribution in [3.8, 4) is 5.88 Å². The molecule has 4 nitrogen and oxygen atoms in total. The maximum absolute atomic E-state index is 10.3. The highest BCUT2D eigenvalue weighted by Crippen LogP contribution is 2.15. The molecule has 0 spiro atoms. The third-order valence-electron chi connectivity index (χ3n) is 1.85. The molecular weight excluding hydrogens is 194 g/mol. The topological polar surface area (TPSA) is 59.4 Å². The van der Waals surface area contributed by atoms with Crippen molar-refractivity contribution in [2.75, 3.05) is 7.11 Å². The Bertz CT molecular complexity index is 385. The fourth-order valence-electron chi connectivity index (χ4n) is 1.18. The van der Waals surface area contributed by atoms with E-state index in [1.165, 1.54) is 0 Å². The van der Waals surface area contributed by atoms with Gasteiger partial charge in [-0.05, 0) is 18.6 Å². The molecule has 4 heteroatoms. The number of carbonyl (C=O) groups is 1. The van der Waals surface area contributed by atoms with Gasteiger partial charge in [0.15, 0.2) is 0 Å². The first-order valence-corrected chi connectivity index (χ1v) is 4.52. The largest absolute Gasteiger partial charge is 0.481 e. The molecule has 0 atom stereocenters. The zero-order valence-electron chi connectivity index (χ0n) is 8.73. The summed E-state index contributed by atoms with van der Waals surface area (Å²) in [6.45, 7) is 1.89. The van der Waals surface area contributed by atoms with Crippen molar-refractivity contribution in [2.24, 2.45) is 0 Å². The lowest BCUT2D eigenvalue weighted by Crippen LogP contribution is -1.92. The van der Waals surface area contributed by atoms with Gasteiger partial charge in [-0.1, -0.05) is 12.2 Å². The molecule has 15 heavy (non-hydrogen) atoms. The summed E-state index contributed by atoms with van der Waals surface area (Å²) in [5.74, 6) is -0.255. The molecule has 0 unspecified atom stereocenters. The number of aliphatic carboxylic acids is 1. The van der Waals surface area contributed by atoms with E-state index >= 15 is 0 Å². The number of ether oxygens (including phenoxy) is 1. The zero-order valence-corrected chi connectivity index (χ0v) is 8.73. The molecule has 80 valence electrons. The number of pyridine rings is 1. The van der Waals surface area contributed by atoms with E-state index in [1.54, 1.807) is 25.5 Å². The Labute approximate surface area is 88.2 Å². The van der Waals surface area contributed by atoms with Crippen LogP contribution in [0.5, 0.6) is 5.88 Å². The molecule has 1 N–H and O–H groups in total. The minimum absolute atomic E-state index is 0.0189. The number of hydrogen-bond acceptors (Lipinski definition) is 3. The van der Waals surface area contributed by atoms with E-state index in [0.717, 1.165) is 11.1 Å². The second kappa shape index (κ2) is 5.14. The number of carboxylic acids is 1. The SMILES string of the molecule is COc1ncc(C=CCC(=O)O)cc1C. The van der Waals surface area contributed by atoms with Crippen molar-refractivity contribution in [1.29, 1.82) is 0 Å². The molecule has 0 amide bonds. The van der Waals surface area contributed by atoms with Gasteiger partial charge in [-0.3, -0.25) is 4.79 Å². The minimum Gasteiger partial charge on any atom is -0.481 e. The van der Waals surface area contributed by atoms with Crippen LogP contribution in [0.15, 0.2) is 18.3 Å². The standard InChI is InChI=1S/C11H13NO3/c1-8-6-9(4-3-5-10(13)14)7-12-11(8)15-2/h3-4,6-7H,5H2,1-2H3,(H,13,14). The van der Waals surface area contributed by atoms with Crippen LogP contribution >= 0.6 is 0 Å². The quantitative estimate of drug-likeness (QED) is 0.819. The van der Waals surface area contributed by atoms with Crippen molar-refractivity contribution in [1.82, 2.24) is 4.98 Å². The summed E-state index contributed by atoms with van der Waals surface area (Å²) >= 11 is 0. The predicted molar refractivity (Wildman–Crippen MR) is 56.8 cm³/mol. The van der Waals surface area contributed by atoms with Gasteiger partial charge >= 0.3 is 5.97 Å². The lowest BCUT2D eigenvalue weighted by molar-refractivity contribution is -0.135. The number of aromatic nitrogens is 1. The molecule has 1 aromatic heterocycles. The van der Waals surface area contributed by atoms with E-state index in [0.29, 0.717) is 5.88 Å². The molecule has 0 saturated carbocycles. The summed E-state index contributed by atoms with van der Waals surface area (Å²) in [7, 11) is 1.56. The summed E-state index contributed by atoms with van der Waals surface area (Å²) in [6, 6.07) is 1.89. The Morgan fingerprint density at radius 2 is 2.40 bits per heavy atom. The van der Waals surface area contributed by atoms with Crippen LogP contribution in [0.1, 0.15) is 17.5 Å². The number of nitrogens with zero attached hydrogens (tertiary/aromatic N) is 1. The van der Waals surface area contributed by atoms with E-state index in [2.05, 4.69) is 4.98 Å². The minimum atomic E-state index is -0.843. The summed E-state index contributed by atoms with van der Waals surface area (Å²) in [5.41, 5.74) is 1.80. The van der Waals surface area contributed by atoms with Gasteiger partial charge in [0.1, 0.15) is 0 Å². The Kier molecular flexibility index (Phi) is 3.85. The van der Waals surface area contributed by atoms with Crippen LogP contribution in [-0.2, 0) is 4.79 Å². The maximum atomic E-state index is 10.3. The van der Waals surface area contributed by atoms with Crippen LogP contribution in [0.3, 0.4) is 0 Å². The molecule has 0 fully saturated rings. The molecule has 1 heterocycles. The van der Waals surface area contributed by atoms with Gasteiger partial charge in [-0.2, -0.15) is 0 Å². The highest BCUT2D eigenvalue weighted by atomic mass is 16.5. The van der Waals surface area contributed by atoms with Gasteiger partial charge < -0.3 is 9.84 Å². The lowest BCUT2D eigenvalue weighted by atomic mass is 10.2. The fraction of sp³-hybridized carbons (Fsp3) is 0.273. The third-order valence-corrected chi connectivity index (χ3v) is 1.85. The lowest BCUT2D eigenvalue weighted by Gasteiger charge is -2.02. The second-order valence-corrected chi connectivity index (χ2v) is 3.10. The molecule has 0 aliphatic rings. The van der Waals surface area contributed by atoms with Gasteiger partial charge in [0.25, 0.3) is 0 Å². The zero-order chi connectivity index (χ0) is 11.3. The van der Waals surface area contributed by atoms with E-state index < -0.39 is 5.97 Å². The predicted octanol–water partition coefficient (Wildman–Crippen LogP) is 1.89. The van der Waals surface area contributed by atoms with Crippen molar-refractivity contribution in [2.45, 2.75) is 13.3 Å². The molecule has 0 aromatic carbocycles. The summed E-state index contributed by atoms with van der Waals surface area (Å²) in [5, 5.41) is 8.44. The molecule has 0 aliphatic heterocycles. The van der Waals surface area contributed by atoms with Gasteiger partial charge in [0, 0.05) is 11.8 Å². The van der Waals surface area contributed by atoms with Gasteiger partial charge in [0.2, 0.25) is 5.88 Å². The Morgan fingerprint density at radius 1 is 1.67 bits per heavy atom. The second-order valence-electron chi connectivity index (χ2n) is 3.10. The molecule has 0 bridgehead atoms. The third kappa shape index (κ3) is 3.42. The smallest absolute Gasteiger partial charge is 0.307 e. The highest BCUT2D eigenvalue weighted by molar-refractivity contribution is 5.70. The Hall–Kier alpha value is -1.84. The van der Waals surface area contributed by atoms with Crippen LogP contribution in [0, 0.1) is 6.92 Å². The summed E-state index contributed by atoms with van der Waals surface area (Å²) in [4.78, 5) is 14.3. The van der Waals surface area contributed by atoms with Crippen LogP contribution < -0.4 is 4.74 Å². The normalized spacial score (nSPS) is 10.5. The summed E-state index contributed by atoms with van der Waals surface area (Å²) in [6.07, 6.45) is 4.98. The number of methoxy groups -OCH3 is 1. The van der Waals surface area contributed by atoms with Crippen molar-refractivity contribution >= 4 is 12.0 Å². The molecule has 0 radical (unpaired) electrons. The first-order chi connectivity index (χ1) is 7.13. The van der Waals surface area contributed by atoms with E-state index in [1.807, 2.05) is 13.0 Å². The summed E-state index contributed by atoms with van der Waals surface area (Å²) < 4.78 is 5.01. The average molecular weight is 207 g/mol. The number of aryl methyl sites for hydroxylation is 1. The Balaban J connectivity index is 2.75. The maximum Gasteiger partial charge on any atom is 0.307 e. The van der Waals surface area contributed by atoms with Crippen LogP contribution in [-0.4, -0.2) is 23.2 Å².